The van der Waals surface area contributed by atoms with Crippen LogP contribution in [0, 0.1) is 13.8 Å². The molecule has 3 rings (SSSR count). The molecule has 152 valence electrons. The minimum Gasteiger partial charge on any atom is -0.456 e. The predicted molar refractivity (Wildman–Crippen MR) is 111 cm³/mol. The van der Waals surface area contributed by atoms with Gasteiger partial charge in [-0.25, -0.2) is 0 Å². The smallest absolute Gasteiger partial charge is 0.306 e. The van der Waals surface area contributed by atoms with E-state index in [2.05, 4.69) is 11.4 Å². The third-order valence-electron chi connectivity index (χ3n) is 5.45. The van der Waals surface area contributed by atoms with Crippen LogP contribution in [0.4, 0.5) is 0 Å². The van der Waals surface area contributed by atoms with Crippen LogP contribution >= 0.6 is 0 Å². The van der Waals surface area contributed by atoms with Crippen molar-refractivity contribution in [2.75, 3.05) is 6.61 Å². The zero-order chi connectivity index (χ0) is 20.8. The SMILES string of the molecule is Cc1ccc(C(=O)CCC(=O)OCC(=O)N[C@@H]2CCCc3ccccc32)cc1C. The number of ether oxygens (including phenoxy) is 1. The normalized spacial score (nSPS) is 15.3. The van der Waals surface area contributed by atoms with Gasteiger partial charge in [-0.2, -0.15) is 0 Å². The van der Waals surface area contributed by atoms with Gasteiger partial charge >= 0.3 is 5.97 Å². The molecule has 0 heterocycles. The third-order valence-corrected chi connectivity index (χ3v) is 5.45. The number of fused-ring (bicyclic) bond motifs is 1. The summed E-state index contributed by atoms with van der Waals surface area (Å²) >= 11 is 0. The molecule has 0 saturated heterocycles. The molecule has 0 aliphatic heterocycles. The van der Waals surface area contributed by atoms with Crippen molar-refractivity contribution in [3.63, 3.8) is 0 Å². The van der Waals surface area contributed by atoms with Gasteiger partial charge in [-0.1, -0.05) is 36.4 Å². The number of carbonyl (C=O) groups excluding carboxylic acids is 3. The summed E-state index contributed by atoms with van der Waals surface area (Å²) in [5.74, 6) is -0.963. The molecule has 0 aromatic heterocycles. The van der Waals surface area contributed by atoms with E-state index in [4.69, 9.17) is 4.74 Å². The molecule has 2 aromatic rings. The van der Waals surface area contributed by atoms with Crippen molar-refractivity contribution >= 4 is 17.7 Å². The molecular formula is C24H27NO4. The van der Waals surface area contributed by atoms with Crippen molar-refractivity contribution in [1.82, 2.24) is 5.32 Å². The molecule has 1 amide bonds. The summed E-state index contributed by atoms with van der Waals surface area (Å²) in [5, 5.41) is 2.95. The molecule has 2 aromatic carbocycles. The number of carbonyl (C=O) groups is 3. The zero-order valence-corrected chi connectivity index (χ0v) is 17.0. The summed E-state index contributed by atoms with van der Waals surface area (Å²) in [6.45, 7) is 3.61. The van der Waals surface area contributed by atoms with E-state index < -0.39 is 5.97 Å². The number of hydrogen-bond acceptors (Lipinski definition) is 4. The Hall–Kier alpha value is -2.95. The highest BCUT2D eigenvalue weighted by Gasteiger charge is 2.22. The molecule has 5 nitrogen and oxygen atoms in total. The van der Waals surface area contributed by atoms with Gasteiger partial charge in [0.05, 0.1) is 12.5 Å². The number of rotatable bonds is 7. The Morgan fingerprint density at radius 1 is 1.03 bits per heavy atom. The summed E-state index contributed by atoms with van der Waals surface area (Å²) in [4.78, 5) is 36.4. The molecule has 0 fully saturated rings. The number of nitrogens with one attached hydrogen (secondary N) is 1. The molecule has 0 spiro atoms. The number of Topliss-reactive ketones (excluding diaryl/α,β-unsaturated/α-hetero) is 1. The first kappa shape index (κ1) is 20.8. The molecule has 5 heteroatoms. The number of amides is 1. The lowest BCUT2D eigenvalue weighted by Gasteiger charge is -2.26. The van der Waals surface area contributed by atoms with Gasteiger partial charge in [0.25, 0.3) is 5.91 Å². The van der Waals surface area contributed by atoms with E-state index in [9.17, 15) is 14.4 Å². The first-order valence-electron chi connectivity index (χ1n) is 10.1. The lowest BCUT2D eigenvalue weighted by molar-refractivity contribution is -0.148. The molecule has 1 N–H and O–H groups in total. The largest absolute Gasteiger partial charge is 0.456 e. The molecule has 0 saturated carbocycles. The monoisotopic (exact) mass is 393 g/mol. The molecule has 0 unspecified atom stereocenters. The number of esters is 1. The van der Waals surface area contributed by atoms with Crippen LogP contribution in [0.15, 0.2) is 42.5 Å². The van der Waals surface area contributed by atoms with Gasteiger partial charge in [0.15, 0.2) is 12.4 Å². The number of aryl methyl sites for hydroxylation is 3. The molecular weight excluding hydrogens is 366 g/mol. The van der Waals surface area contributed by atoms with Crippen LogP contribution in [-0.2, 0) is 20.7 Å². The Labute approximate surface area is 171 Å². The Bertz CT molecular complexity index is 919. The summed E-state index contributed by atoms with van der Waals surface area (Å²) in [5.41, 5.74) is 5.14. The second-order valence-electron chi connectivity index (χ2n) is 7.59. The van der Waals surface area contributed by atoms with Gasteiger partial charge in [0.1, 0.15) is 0 Å². The van der Waals surface area contributed by atoms with Crippen molar-refractivity contribution in [2.45, 2.75) is 52.0 Å². The molecule has 0 bridgehead atoms. The average molecular weight is 393 g/mol. The second kappa shape index (κ2) is 9.50. The maximum atomic E-state index is 12.2. The number of hydrogen-bond donors (Lipinski definition) is 1. The zero-order valence-electron chi connectivity index (χ0n) is 17.0. The van der Waals surface area contributed by atoms with Crippen LogP contribution in [-0.4, -0.2) is 24.3 Å². The van der Waals surface area contributed by atoms with E-state index >= 15 is 0 Å². The van der Waals surface area contributed by atoms with Crippen molar-refractivity contribution in [3.8, 4) is 0 Å². The highest BCUT2D eigenvalue weighted by molar-refractivity contribution is 5.97. The average Bonchev–Trinajstić information content (AvgIpc) is 2.72. The lowest BCUT2D eigenvalue weighted by atomic mass is 9.88. The molecule has 1 atom stereocenters. The minimum atomic E-state index is -0.540. The van der Waals surface area contributed by atoms with Gasteiger partial charge in [-0.15, -0.1) is 0 Å². The van der Waals surface area contributed by atoms with Gasteiger partial charge in [0.2, 0.25) is 0 Å². The van der Waals surface area contributed by atoms with Crippen LogP contribution in [0.2, 0.25) is 0 Å². The maximum absolute atomic E-state index is 12.2. The topological polar surface area (TPSA) is 72.5 Å². The van der Waals surface area contributed by atoms with E-state index in [0.717, 1.165) is 36.0 Å². The van der Waals surface area contributed by atoms with E-state index in [-0.39, 0.29) is 37.2 Å². The fourth-order valence-electron chi connectivity index (χ4n) is 3.63. The Balaban J connectivity index is 1.43. The van der Waals surface area contributed by atoms with Gasteiger partial charge in [0, 0.05) is 12.0 Å². The van der Waals surface area contributed by atoms with Crippen LogP contribution < -0.4 is 5.32 Å². The van der Waals surface area contributed by atoms with Crippen molar-refractivity contribution in [3.05, 3.63) is 70.3 Å². The van der Waals surface area contributed by atoms with Gasteiger partial charge in [-0.05, 0) is 61.4 Å². The number of benzene rings is 2. The summed E-state index contributed by atoms with van der Waals surface area (Å²) in [6.07, 6.45) is 2.94. The van der Waals surface area contributed by atoms with Crippen LogP contribution in [0.1, 0.15) is 64.3 Å². The van der Waals surface area contributed by atoms with Gasteiger partial charge in [-0.3, -0.25) is 14.4 Å². The minimum absolute atomic E-state index is 0.0364. The van der Waals surface area contributed by atoms with E-state index in [1.54, 1.807) is 6.07 Å². The van der Waals surface area contributed by atoms with Crippen molar-refractivity contribution in [1.29, 1.82) is 0 Å². The molecule has 0 radical (unpaired) electrons. The molecule has 29 heavy (non-hydrogen) atoms. The van der Waals surface area contributed by atoms with Crippen molar-refractivity contribution in [2.24, 2.45) is 0 Å². The lowest BCUT2D eigenvalue weighted by Crippen LogP contribution is -2.34. The van der Waals surface area contributed by atoms with E-state index in [0.29, 0.717) is 5.56 Å². The van der Waals surface area contributed by atoms with Crippen LogP contribution in [0.5, 0.6) is 0 Å². The Morgan fingerprint density at radius 3 is 2.62 bits per heavy atom. The fraction of sp³-hybridized carbons (Fsp3) is 0.375. The Kier molecular flexibility index (Phi) is 6.81. The predicted octanol–water partition coefficient (Wildman–Crippen LogP) is 4.00. The summed E-state index contributed by atoms with van der Waals surface area (Å²) in [6, 6.07) is 13.5. The molecule has 1 aliphatic carbocycles. The standard InChI is InChI=1S/C24H27NO4/c1-16-10-11-19(14-17(16)2)22(26)12-13-24(28)29-15-23(27)25-21-9-5-7-18-6-3-4-8-20(18)21/h3-4,6,8,10-11,14,21H,5,7,9,12-13,15H2,1-2H3,(H,25,27)/t21-/m1/s1. The van der Waals surface area contributed by atoms with Crippen LogP contribution in [0.3, 0.4) is 0 Å². The summed E-state index contributed by atoms with van der Waals surface area (Å²) in [7, 11) is 0. The highest BCUT2D eigenvalue weighted by Crippen LogP contribution is 2.29. The Morgan fingerprint density at radius 2 is 1.83 bits per heavy atom. The number of ketones is 1. The van der Waals surface area contributed by atoms with Gasteiger partial charge < -0.3 is 10.1 Å². The highest BCUT2D eigenvalue weighted by atomic mass is 16.5. The third kappa shape index (κ3) is 5.53. The maximum Gasteiger partial charge on any atom is 0.306 e. The first-order valence-corrected chi connectivity index (χ1v) is 10.1. The van der Waals surface area contributed by atoms with Crippen molar-refractivity contribution < 1.29 is 19.1 Å². The molecule has 1 aliphatic rings. The fourth-order valence-corrected chi connectivity index (χ4v) is 3.63. The second-order valence-corrected chi connectivity index (χ2v) is 7.59. The van der Waals surface area contributed by atoms with Crippen LogP contribution in [0.25, 0.3) is 0 Å². The summed E-state index contributed by atoms with van der Waals surface area (Å²) < 4.78 is 5.06. The quantitative estimate of drug-likeness (QED) is 0.570. The van der Waals surface area contributed by atoms with E-state index in [1.807, 2.05) is 44.2 Å². The van der Waals surface area contributed by atoms with E-state index in [1.165, 1.54) is 5.56 Å². The first-order chi connectivity index (χ1) is 13.9.